The Hall–Kier alpha value is -1.60. The molecule has 2 rings (SSSR count). The van der Waals surface area contributed by atoms with Crippen LogP contribution in [0, 0.1) is 0 Å². The molecule has 1 aromatic rings. The van der Waals surface area contributed by atoms with Gasteiger partial charge < -0.3 is 14.0 Å². The third-order valence-electron chi connectivity index (χ3n) is 6.06. The minimum Gasteiger partial charge on any atom is -0.382 e. The summed E-state index contributed by atoms with van der Waals surface area (Å²) < 4.78 is 28.8. The summed E-state index contributed by atoms with van der Waals surface area (Å²) in [5.74, 6) is 0.739. The molecule has 6 nitrogen and oxygen atoms in total. The average Bonchev–Trinajstić information content (AvgIpc) is 2.95. The zero-order chi connectivity index (χ0) is 23.4. The Labute approximate surface area is 195 Å². The van der Waals surface area contributed by atoms with Crippen LogP contribution in [-0.2, 0) is 21.3 Å². The van der Waals surface area contributed by atoms with E-state index in [1.165, 1.54) is 12.0 Å². The fourth-order valence-electron chi connectivity index (χ4n) is 4.32. The van der Waals surface area contributed by atoms with Gasteiger partial charge in [0.15, 0.2) is 0 Å². The summed E-state index contributed by atoms with van der Waals surface area (Å²) in [7, 11) is -3.50. The zero-order valence-electron chi connectivity index (χ0n) is 20.2. The minimum atomic E-state index is -3.50. The van der Waals surface area contributed by atoms with Crippen LogP contribution < -0.4 is 4.18 Å². The van der Waals surface area contributed by atoms with Crippen molar-refractivity contribution in [3.8, 4) is 5.75 Å². The Balaban J connectivity index is 1.81. The first-order valence-electron chi connectivity index (χ1n) is 12.4. The van der Waals surface area contributed by atoms with E-state index in [-0.39, 0.29) is 5.75 Å². The van der Waals surface area contributed by atoms with Gasteiger partial charge >= 0.3 is 10.1 Å². The lowest BCUT2D eigenvalue weighted by Gasteiger charge is -2.29. The first-order chi connectivity index (χ1) is 15.3. The fraction of sp³-hybridized carbons (Fsp3) is 0.720. The largest absolute Gasteiger partial charge is 0.382 e. The van der Waals surface area contributed by atoms with Crippen LogP contribution in [0.2, 0.25) is 0 Å². The summed E-state index contributed by atoms with van der Waals surface area (Å²) in [5.41, 5.74) is 1.18. The van der Waals surface area contributed by atoms with Gasteiger partial charge in [-0.15, -0.1) is 0 Å². The fourth-order valence-corrected chi connectivity index (χ4v) is 5.31. The van der Waals surface area contributed by atoms with E-state index in [2.05, 4.69) is 23.6 Å². The van der Waals surface area contributed by atoms with Crippen molar-refractivity contribution in [2.45, 2.75) is 84.6 Å². The van der Waals surface area contributed by atoms with Crippen molar-refractivity contribution in [3.63, 3.8) is 0 Å². The molecule has 0 radical (unpaired) electrons. The molecule has 1 unspecified atom stereocenters. The van der Waals surface area contributed by atoms with E-state index in [9.17, 15) is 13.2 Å². The molecule has 0 aromatic heterocycles. The SMILES string of the molecule is CCCN(CCCCN1CCCCCC1=O)C(C)Cc1ccc(OS(=O)(=O)CCC)cc1. The molecule has 0 N–H and O–H groups in total. The van der Waals surface area contributed by atoms with Crippen LogP contribution in [-0.4, -0.2) is 62.1 Å². The highest BCUT2D eigenvalue weighted by Crippen LogP contribution is 2.18. The Kier molecular flexibility index (Phi) is 11.5. The van der Waals surface area contributed by atoms with E-state index in [1.807, 2.05) is 19.1 Å². The van der Waals surface area contributed by atoms with E-state index < -0.39 is 10.1 Å². The molecule has 0 saturated carbocycles. The minimum absolute atomic E-state index is 0.0314. The number of likely N-dealkylation sites (tertiary alicyclic amines) is 1. The van der Waals surface area contributed by atoms with Crippen LogP contribution in [0.3, 0.4) is 0 Å². The normalized spacial score (nSPS) is 16.2. The second-order valence-electron chi connectivity index (χ2n) is 8.98. The van der Waals surface area contributed by atoms with Crippen molar-refractivity contribution < 1.29 is 17.4 Å². The molecular formula is C25H42N2O4S. The highest BCUT2D eigenvalue weighted by molar-refractivity contribution is 7.87. The Bertz CT molecular complexity index is 780. The van der Waals surface area contributed by atoms with Crippen LogP contribution in [0.15, 0.2) is 24.3 Å². The molecule has 32 heavy (non-hydrogen) atoms. The van der Waals surface area contributed by atoms with Gasteiger partial charge in [-0.2, -0.15) is 8.42 Å². The highest BCUT2D eigenvalue weighted by Gasteiger charge is 2.17. The Morgan fingerprint density at radius 3 is 2.47 bits per heavy atom. The summed E-state index contributed by atoms with van der Waals surface area (Å²) in [5, 5.41) is 0. The number of amides is 1. The second kappa shape index (κ2) is 13.8. The maximum absolute atomic E-state index is 12.2. The topological polar surface area (TPSA) is 66.9 Å². The van der Waals surface area contributed by atoms with Crippen LogP contribution in [0.1, 0.15) is 77.7 Å². The van der Waals surface area contributed by atoms with E-state index in [1.54, 1.807) is 12.1 Å². The molecule has 1 aliphatic heterocycles. The van der Waals surface area contributed by atoms with Crippen LogP contribution in [0.25, 0.3) is 0 Å². The third-order valence-corrected chi connectivity index (χ3v) is 7.42. The van der Waals surface area contributed by atoms with E-state index in [0.29, 0.717) is 30.5 Å². The number of carbonyl (C=O) groups excluding carboxylic acids is 1. The summed E-state index contributed by atoms with van der Waals surface area (Å²) in [4.78, 5) is 16.8. The number of carbonyl (C=O) groups is 1. The second-order valence-corrected chi connectivity index (χ2v) is 10.7. The van der Waals surface area contributed by atoms with Crippen molar-refractivity contribution in [2.24, 2.45) is 0 Å². The van der Waals surface area contributed by atoms with Crippen molar-refractivity contribution in [2.75, 3.05) is 31.9 Å². The lowest BCUT2D eigenvalue weighted by molar-refractivity contribution is -0.130. The van der Waals surface area contributed by atoms with Gasteiger partial charge in [0, 0.05) is 25.6 Å². The molecule has 0 spiro atoms. The van der Waals surface area contributed by atoms with Crippen LogP contribution in [0.5, 0.6) is 5.75 Å². The first-order valence-corrected chi connectivity index (χ1v) is 13.9. The average molecular weight is 467 g/mol. The monoisotopic (exact) mass is 466 g/mol. The molecule has 1 heterocycles. The third kappa shape index (κ3) is 9.49. The Morgan fingerprint density at radius 1 is 1.03 bits per heavy atom. The zero-order valence-corrected chi connectivity index (χ0v) is 21.0. The molecule has 1 saturated heterocycles. The molecule has 0 bridgehead atoms. The molecule has 1 aliphatic rings. The summed E-state index contributed by atoms with van der Waals surface area (Å²) in [6.07, 6.45) is 8.77. The number of unbranched alkanes of at least 4 members (excludes halogenated alkanes) is 1. The number of rotatable bonds is 14. The molecule has 1 fully saturated rings. The van der Waals surface area contributed by atoms with Crippen molar-refractivity contribution in [3.05, 3.63) is 29.8 Å². The molecule has 0 aliphatic carbocycles. The maximum Gasteiger partial charge on any atom is 0.309 e. The predicted molar refractivity (Wildman–Crippen MR) is 130 cm³/mol. The quantitative estimate of drug-likeness (QED) is 0.295. The van der Waals surface area contributed by atoms with Gasteiger partial charge in [-0.05, 0) is 82.7 Å². The first kappa shape index (κ1) is 26.7. The van der Waals surface area contributed by atoms with Crippen molar-refractivity contribution in [1.82, 2.24) is 9.80 Å². The van der Waals surface area contributed by atoms with E-state index in [0.717, 1.165) is 64.7 Å². The van der Waals surface area contributed by atoms with Crippen molar-refractivity contribution >= 4 is 16.0 Å². The summed E-state index contributed by atoms with van der Waals surface area (Å²) >= 11 is 0. The van der Waals surface area contributed by atoms with Gasteiger partial charge in [0.1, 0.15) is 5.75 Å². The predicted octanol–water partition coefficient (Wildman–Crippen LogP) is 4.63. The molecule has 182 valence electrons. The molecule has 1 atom stereocenters. The summed E-state index contributed by atoms with van der Waals surface area (Å²) in [6.45, 7) is 10.2. The lowest BCUT2D eigenvalue weighted by atomic mass is 10.0. The van der Waals surface area contributed by atoms with Gasteiger partial charge in [0.25, 0.3) is 0 Å². The molecule has 1 aromatic carbocycles. The number of benzene rings is 1. The van der Waals surface area contributed by atoms with Gasteiger partial charge in [0.2, 0.25) is 5.91 Å². The van der Waals surface area contributed by atoms with Crippen LogP contribution in [0.4, 0.5) is 0 Å². The summed E-state index contributed by atoms with van der Waals surface area (Å²) in [6, 6.07) is 7.81. The van der Waals surface area contributed by atoms with Gasteiger partial charge in [-0.25, -0.2) is 0 Å². The Morgan fingerprint density at radius 2 is 1.78 bits per heavy atom. The molecule has 7 heteroatoms. The van der Waals surface area contributed by atoms with Gasteiger partial charge in [-0.1, -0.05) is 32.4 Å². The molecule has 1 amide bonds. The maximum atomic E-state index is 12.2. The van der Waals surface area contributed by atoms with Crippen LogP contribution >= 0.6 is 0 Å². The van der Waals surface area contributed by atoms with E-state index >= 15 is 0 Å². The van der Waals surface area contributed by atoms with Gasteiger partial charge in [-0.3, -0.25) is 4.79 Å². The highest BCUT2D eigenvalue weighted by atomic mass is 32.2. The number of hydrogen-bond donors (Lipinski definition) is 0. The lowest BCUT2D eigenvalue weighted by Crippen LogP contribution is -2.37. The number of hydrogen-bond acceptors (Lipinski definition) is 5. The molecular weight excluding hydrogens is 424 g/mol. The van der Waals surface area contributed by atoms with Crippen molar-refractivity contribution in [1.29, 1.82) is 0 Å². The number of nitrogens with zero attached hydrogens (tertiary/aromatic N) is 2. The van der Waals surface area contributed by atoms with Gasteiger partial charge in [0.05, 0.1) is 5.75 Å². The smallest absolute Gasteiger partial charge is 0.309 e. The standard InChI is InChI=1S/C25H42N2O4S/c1-4-16-26(17-9-10-19-27-18-8-6-7-11-25(27)28)22(3)21-23-12-14-24(15-13-23)31-32(29,30)20-5-2/h12-15,22H,4-11,16-21H2,1-3H3. The van der Waals surface area contributed by atoms with E-state index in [4.69, 9.17) is 4.18 Å².